The van der Waals surface area contributed by atoms with Gasteiger partial charge in [-0.1, -0.05) is 364 Å². The van der Waals surface area contributed by atoms with Gasteiger partial charge < -0.3 is 20.3 Å². The predicted octanol–water partition coefficient (Wildman–Crippen LogP) is 25.2. The van der Waals surface area contributed by atoms with Gasteiger partial charge >= 0.3 is 5.97 Å². The van der Waals surface area contributed by atoms with Crippen LogP contribution in [-0.2, 0) is 14.3 Å². The molecule has 0 aliphatic heterocycles. The Labute approximate surface area is 531 Å². The molecule has 0 heterocycles. The molecule has 0 radical (unpaired) electrons. The second-order valence-electron chi connectivity index (χ2n) is 26.3. The lowest BCUT2D eigenvalue weighted by Gasteiger charge is -2.20. The predicted molar refractivity (Wildman–Crippen MR) is 375 cm³/mol. The maximum Gasteiger partial charge on any atom is 0.305 e. The van der Waals surface area contributed by atoms with Gasteiger partial charge in [0.15, 0.2) is 0 Å². The van der Waals surface area contributed by atoms with Crippen molar-refractivity contribution in [2.24, 2.45) is 0 Å². The summed E-state index contributed by atoms with van der Waals surface area (Å²) in [5.74, 6) is -0.0481. The molecule has 6 heteroatoms. The minimum Gasteiger partial charge on any atom is -0.466 e. The monoisotopic (exact) mass is 1190 g/mol. The number of aliphatic hydroxyl groups excluding tert-OH is 2. The number of hydrogen-bond acceptors (Lipinski definition) is 5. The van der Waals surface area contributed by atoms with Crippen molar-refractivity contribution in [3.05, 3.63) is 48.6 Å². The molecule has 0 aromatic heterocycles. The van der Waals surface area contributed by atoms with Gasteiger partial charge in [-0.15, -0.1) is 0 Å². The molecule has 0 fully saturated rings. The van der Waals surface area contributed by atoms with E-state index in [-0.39, 0.29) is 18.5 Å². The number of aliphatic hydroxyl groups is 2. The molecule has 0 aromatic rings. The lowest BCUT2D eigenvalue weighted by atomic mass is 10.0. The highest BCUT2D eigenvalue weighted by Gasteiger charge is 2.18. The lowest BCUT2D eigenvalue weighted by molar-refractivity contribution is -0.143. The highest BCUT2D eigenvalue weighted by Crippen LogP contribution is 2.19. The van der Waals surface area contributed by atoms with Crippen LogP contribution in [0.15, 0.2) is 48.6 Å². The van der Waals surface area contributed by atoms with Gasteiger partial charge in [0.2, 0.25) is 5.91 Å². The summed E-state index contributed by atoms with van der Waals surface area (Å²) in [7, 11) is 0. The SMILES string of the molecule is CCCCC/C=C\C/C=C\CCCCCCCCCC(=O)OCCCCCCCCCCCCCCCCCCCC/C=C\CCCCCCCCCCCCCCCCCCCC(=O)NC(CO)C(O)/C=C/CCCCCCCCCCCC. The van der Waals surface area contributed by atoms with Crippen LogP contribution >= 0.6 is 0 Å². The minimum absolute atomic E-state index is 0.0147. The average molecular weight is 1190 g/mol. The van der Waals surface area contributed by atoms with E-state index >= 15 is 0 Å². The highest BCUT2D eigenvalue weighted by atomic mass is 16.5. The van der Waals surface area contributed by atoms with Crippen LogP contribution in [0.3, 0.4) is 0 Å². The molecule has 0 aromatic carbocycles. The van der Waals surface area contributed by atoms with Crippen molar-refractivity contribution in [2.45, 2.75) is 431 Å². The number of rotatable bonds is 72. The van der Waals surface area contributed by atoms with Gasteiger partial charge in [0.05, 0.1) is 25.4 Å². The molecule has 0 spiro atoms. The molecule has 0 aliphatic rings. The van der Waals surface area contributed by atoms with Crippen LogP contribution in [0.2, 0.25) is 0 Å². The Morgan fingerprint density at radius 3 is 0.929 bits per heavy atom. The van der Waals surface area contributed by atoms with Gasteiger partial charge in [-0.05, 0) is 89.9 Å². The Bertz CT molecular complexity index is 1420. The summed E-state index contributed by atoms with van der Waals surface area (Å²) in [5.41, 5.74) is 0. The molecule has 0 bridgehead atoms. The summed E-state index contributed by atoms with van der Waals surface area (Å²) in [6.07, 6.45) is 98.1. The topological polar surface area (TPSA) is 95.9 Å². The molecule has 1 amide bonds. The Hall–Kier alpha value is -2.18. The fourth-order valence-electron chi connectivity index (χ4n) is 12.0. The number of amides is 1. The molecule has 0 saturated heterocycles. The quantitative estimate of drug-likeness (QED) is 0.0320. The standard InChI is InChI=1S/C79H149NO5/c1-3-5-7-9-11-13-15-17-18-42-46-49-53-57-61-65-69-73-79(84)85-74-70-66-62-58-54-50-47-44-41-39-37-35-33-31-29-27-25-23-21-19-20-22-24-26-28-30-32-34-36-38-40-43-45-48-52-56-60-64-68-72-78(83)80-76(75-81)77(82)71-67-63-59-55-51-16-14-12-10-8-6-4-2/h11,13,17-20,67,71,76-77,81-82H,3-10,12,14-16,21-66,68-70,72-75H2,1-2H3,(H,80,83)/b13-11-,18-17-,20-19-,71-67+. The molecular weight excluding hydrogens is 1040 g/mol. The molecule has 0 aliphatic carbocycles. The largest absolute Gasteiger partial charge is 0.466 e. The molecule has 2 atom stereocenters. The summed E-state index contributed by atoms with van der Waals surface area (Å²) in [6, 6.07) is -0.624. The summed E-state index contributed by atoms with van der Waals surface area (Å²) in [6.45, 7) is 4.90. The third-order valence-electron chi connectivity index (χ3n) is 17.8. The maximum atomic E-state index is 12.5. The minimum atomic E-state index is -0.840. The van der Waals surface area contributed by atoms with Crippen molar-refractivity contribution in [2.75, 3.05) is 13.2 Å². The highest BCUT2D eigenvalue weighted by molar-refractivity contribution is 5.76. The average Bonchev–Trinajstić information content (AvgIpc) is 3.52. The van der Waals surface area contributed by atoms with Crippen molar-refractivity contribution >= 4 is 11.9 Å². The summed E-state index contributed by atoms with van der Waals surface area (Å²) >= 11 is 0. The molecule has 500 valence electrons. The van der Waals surface area contributed by atoms with E-state index in [0.29, 0.717) is 19.4 Å². The number of hydrogen-bond donors (Lipinski definition) is 3. The molecule has 85 heavy (non-hydrogen) atoms. The number of unbranched alkanes of at least 4 members (excludes halogenated alkanes) is 55. The number of allylic oxidation sites excluding steroid dienone is 7. The molecule has 3 N–H and O–H groups in total. The molecule has 0 saturated carbocycles. The van der Waals surface area contributed by atoms with Crippen molar-refractivity contribution in [1.29, 1.82) is 0 Å². The van der Waals surface area contributed by atoms with Gasteiger partial charge in [0, 0.05) is 12.8 Å². The van der Waals surface area contributed by atoms with E-state index in [1.165, 1.54) is 340 Å². The second-order valence-corrected chi connectivity index (χ2v) is 26.3. The number of nitrogens with one attached hydrogen (secondary N) is 1. The zero-order valence-corrected chi connectivity index (χ0v) is 57.4. The molecule has 6 nitrogen and oxygen atoms in total. The van der Waals surface area contributed by atoms with Crippen LogP contribution < -0.4 is 5.32 Å². The maximum absolute atomic E-state index is 12.5. The number of carbonyl (C=O) groups is 2. The van der Waals surface area contributed by atoms with Crippen LogP contribution in [-0.4, -0.2) is 47.4 Å². The fourth-order valence-corrected chi connectivity index (χ4v) is 12.0. The zero-order valence-electron chi connectivity index (χ0n) is 57.4. The van der Waals surface area contributed by atoms with Crippen LogP contribution in [0, 0.1) is 0 Å². The van der Waals surface area contributed by atoms with Crippen LogP contribution in [0.5, 0.6) is 0 Å². The van der Waals surface area contributed by atoms with E-state index in [1.807, 2.05) is 6.08 Å². The zero-order chi connectivity index (χ0) is 61.3. The molecule has 2 unspecified atom stereocenters. The van der Waals surface area contributed by atoms with E-state index in [0.717, 1.165) is 51.4 Å². The van der Waals surface area contributed by atoms with E-state index in [2.05, 4.69) is 55.6 Å². The normalized spacial score (nSPS) is 12.8. The van der Waals surface area contributed by atoms with Crippen LogP contribution in [0.25, 0.3) is 0 Å². The Morgan fingerprint density at radius 2 is 0.588 bits per heavy atom. The van der Waals surface area contributed by atoms with E-state index < -0.39 is 12.1 Å². The Morgan fingerprint density at radius 1 is 0.329 bits per heavy atom. The van der Waals surface area contributed by atoms with Crippen LogP contribution in [0.4, 0.5) is 0 Å². The number of carbonyl (C=O) groups excluding carboxylic acids is 2. The first-order valence-electron chi connectivity index (χ1n) is 38.4. The van der Waals surface area contributed by atoms with Gasteiger partial charge in [-0.2, -0.15) is 0 Å². The lowest BCUT2D eigenvalue weighted by Crippen LogP contribution is -2.45. The van der Waals surface area contributed by atoms with Crippen molar-refractivity contribution < 1.29 is 24.5 Å². The summed E-state index contributed by atoms with van der Waals surface area (Å²) in [4.78, 5) is 24.6. The van der Waals surface area contributed by atoms with Crippen molar-refractivity contribution in [1.82, 2.24) is 5.32 Å². The second kappa shape index (κ2) is 74.3. The van der Waals surface area contributed by atoms with Crippen molar-refractivity contribution in [3.63, 3.8) is 0 Å². The smallest absolute Gasteiger partial charge is 0.305 e. The molecule has 0 rings (SSSR count). The van der Waals surface area contributed by atoms with E-state index in [1.54, 1.807) is 6.08 Å². The van der Waals surface area contributed by atoms with Gasteiger partial charge in [0.1, 0.15) is 0 Å². The first kappa shape index (κ1) is 82.8. The van der Waals surface area contributed by atoms with Gasteiger partial charge in [-0.25, -0.2) is 0 Å². The van der Waals surface area contributed by atoms with E-state index in [4.69, 9.17) is 4.74 Å². The van der Waals surface area contributed by atoms with Crippen molar-refractivity contribution in [3.8, 4) is 0 Å². The number of ether oxygens (including phenoxy) is 1. The molecular formula is C79H149NO5. The third kappa shape index (κ3) is 70.8. The summed E-state index contributed by atoms with van der Waals surface area (Å²) in [5, 5.41) is 23.1. The van der Waals surface area contributed by atoms with Gasteiger partial charge in [-0.3, -0.25) is 9.59 Å². The Kier molecular flexibility index (Phi) is 72.4. The Balaban J connectivity index is 3.32. The van der Waals surface area contributed by atoms with Gasteiger partial charge in [0.25, 0.3) is 0 Å². The number of esters is 1. The fraction of sp³-hybridized carbons (Fsp3) is 0.873. The van der Waals surface area contributed by atoms with E-state index in [9.17, 15) is 19.8 Å². The first-order valence-corrected chi connectivity index (χ1v) is 38.4. The summed E-state index contributed by atoms with van der Waals surface area (Å²) < 4.78 is 5.51. The van der Waals surface area contributed by atoms with Crippen LogP contribution in [0.1, 0.15) is 418 Å². The third-order valence-corrected chi connectivity index (χ3v) is 17.8. The first-order chi connectivity index (χ1) is 42.0.